The lowest BCUT2D eigenvalue weighted by atomic mass is 10.2. The van der Waals surface area contributed by atoms with Crippen LogP contribution in [0.4, 0.5) is 5.95 Å². The highest BCUT2D eigenvalue weighted by Crippen LogP contribution is 2.16. The Morgan fingerprint density at radius 1 is 1.29 bits per heavy atom. The molecular formula is C13H13N3O4S. The molecule has 0 aliphatic heterocycles. The number of amides is 1. The Labute approximate surface area is 124 Å². The van der Waals surface area contributed by atoms with Crippen LogP contribution in [0.15, 0.2) is 23.8 Å². The van der Waals surface area contributed by atoms with Crippen LogP contribution in [0, 0.1) is 0 Å². The first kappa shape index (κ1) is 14.9. The average Bonchev–Trinajstić information content (AvgIpc) is 2.95. The second-order valence-corrected chi connectivity index (χ2v) is 4.96. The lowest BCUT2D eigenvalue weighted by Crippen LogP contribution is -2.15. The van der Waals surface area contributed by atoms with Gasteiger partial charge in [-0.2, -0.15) is 0 Å². The number of methoxy groups -OCH3 is 2. The Morgan fingerprint density at radius 3 is 2.62 bits per heavy atom. The van der Waals surface area contributed by atoms with E-state index in [1.165, 1.54) is 38.0 Å². The quantitative estimate of drug-likeness (QED) is 0.842. The normalized spacial score (nSPS) is 10.0. The van der Waals surface area contributed by atoms with Gasteiger partial charge in [-0.3, -0.25) is 10.1 Å². The molecule has 0 spiro atoms. The highest BCUT2D eigenvalue weighted by atomic mass is 32.1. The van der Waals surface area contributed by atoms with E-state index in [1.54, 1.807) is 11.4 Å². The molecule has 1 N–H and O–H groups in total. The number of carbonyl (C=O) groups is 2. The number of hydrogen-bond donors (Lipinski definition) is 1. The molecule has 2 heterocycles. The van der Waals surface area contributed by atoms with Crippen molar-refractivity contribution in [2.75, 3.05) is 19.5 Å². The van der Waals surface area contributed by atoms with Crippen molar-refractivity contribution >= 4 is 29.2 Å². The van der Waals surface area contributed by atoms with E-state index in [4.69, 9.17) is 4.74 Å². The third kappa shape index (κ3) is 3.99. The Morgan fingerprint density at radius 2 is 2.00 bits per heavy atom. The summed E-state index contributed by atoms with van der Waals surface area (Å²) >= 11 is 1.32. The first-order valence-corrected chi connectivity index (χ1v) is 6.82. The summed E-state index contributed by atoms with van der Waals surface area (Å²) in [6.45, 7) is 0. The van der Waals surface area contributed by atoms with Crippen LogP contribution >= 0.6 is 11.3 Å². The van der Waals surface area contributed by atoms with E-state index in [1.807, 2.05) is 0 Å². The molecule has 2 aromatic heterocycles. The fourth-order valence-corrected chi connectivity index (χ4v) is 2.36. The zero-order chi connectivity index (χ0) is 15.2. The van der Waals surface area contributed by atoms with Gasteiger partial charge >= 0.3 is 5.97 Å². The van der Waals surface area contributed by atoms with Crippen molar-refractivity contribution in [1.29, 1.82) is 0 Å². The molecule has 2 rings (SSSR count). The smallest absolute Gasteiger partial charge is 0.338 e. The van der Waals surface area contributed by atoms with Gasteiger partial charge in [0.1, 0.15) is 0 Å². The molecule has 0 radical (unpaired) electrons. The van der Waals surface area contributed by atoms with Crippen molar-refractivity contribution in [2.45, 2.75) is 6.42 Å². The SMILES string of the molecule is COC(=O)c1csc(CC(=O)Nc2ncc(OC)cn2)c1. The Hall–Kier alpha value is -2.48. The van der Waals surface area contributed by atoms with Crippen molar-refractivity contribution < 1.29 is 19.1 Å². The van der Waals surface area contributed by atoms with Crippen LogP contribution in [0.5, 0.6) is 5.75 Å². The minimum atomic E-state index is -0.420. The summed E-state index contributed by atoms with van der Waals surface area (Å²) in [7, 11) is 2.82. The second-order valence-electron chi connectivity index (χ2n) is 3.96. The number of esters is 1. The van der Waals surface area contributed by atoms with Gasteiger partial charge in [0, 0.05) is 10.3 Å². The van der Waals surface area contributed by atoms with E-state index >= 15 is 0 Å². The minimum Gasteiger partial charge on any atom is -0.494 e. The maximum atomic E-state index is 11.9. The first-order chi connectivity index (χ1) is 10.1. The van der Waals surface area contributed by atoms with Crippen LogP contribution in [0.25, 0.3) is 0 Å². The molecule has 1 amide bonds. The topological polar surface area (TPSA) is 90.4 Å². The third-order valence-corrected chi connectivity index (χ3v) is 3.46. The van der Waals surface area contributed by atoms with Crippen LogP contribution in [-0.4, -0.2) is 36.1 Å². The zero-order valence-corrected chi connectivity index (χ0v) is 12.3. The standard InChI is InChI=1S/C13H13N3O4S/c1-19-9-5-14-13(15-6-9)16-11(17)4-10-3-8(7-21-10)12(18)20-2/h3,5-7H,4H2,1-2H3,(H,14,15,16,17). The first-order valence-electron chi connectivity index (χ1n) is 5.94. The number of nitrogens with zero attached hydrogens (tertiary/aromatic N) is 2. The molecule has 2 aromatic rings. The minimum absolute atomic E-state index is 0.136. The van der Waals surface area contributed by atoms with E-state index in [0.29, 0.717) is 11.3 Å². The molecular weight excluding hydrogens is 294 g/mol. The Kier molecular flexibility index (Phi) is 4.83. The molecule has 0 aliphatic carbocycles. The maximum Gasteiger partial charge on any atom is 0.338 e. The fraction of sp³-hybridized carbons (Fsp3) is 0.231. The molecule has 0 aliphatic rings. The van der Waals surface area contributed by atoms with E-state index < -0.39 is 5.97 Å². The van der Waals surface area contributed by atoms with Gasteiger partial charge in [-0.25, -0.2) is 14.8 Å². The van der Waals surface area contributed by atoms with Crippen LogP contribution in [0.1, 0.15) is 15.2 Å². The Balaban J connectivity index is 1.94. The number of ether oxygens (including phenoxy) is 2. The molecule has 110 valence electrons. The molecule has 7 nitrogen and oxygen atoms in total. The molecule has 0 fully saturated rings. The van der Waals surface area contributed by atoms with Gasteiger partial charge in [0.05, 0.1) is 38.6 Å². The summed E-state index contributed by atoms with van der Waals surface area (Å²) in [6, 6.07) is 1.63. The van der Waals surface area contributed by atoms with Gasteiger partial charge in [-0.05, 0) is 6.07 Å². The summed E-state index contributed by atoms with van der Waals surface area (Å²) in [5, 5.41) is 4.22. The van der Waals surface area contributed by atoms with Gasteiger partial charge in [0.2, 0.25) is 11.9 Å². The van der Waals surface area contributed by atoms with E-state index in [2.05, 4.69) is 20.0 Å². The van der Waals surface area contributed by atoms with Crippen LogP contribution < -0.4 is 10.1 Å². The molecule has 0 saturated carbocycles. The lowest BCUT2D eigenvalue weighted by Gasteiger charge is -2.03. The predicted molar refractivity (Wildman–Crippen MR) is 76.6 cm³/mol. The van der Waals surface area contributed by atoms with Gasteiger partial charge in [0.25, 0.3) is 0 Å². The number of nitrogens with one attached hydrogen (secondary N) is 1. The highest BCUT2D eigenvalue weighted by molar-refractivity contribution is 7.10. The van der Waals surface area contributed by atoms with E-state index in [0.717, 1.165) is 4.88 Å². The largest absolute Gasteiger partial charge is 0.494 e. The number of thiophene rings is 1. The van der Waals surface area contributed by atoms with Crippen molar-refractivity contribution in [2.24, 2.45) is 0 Å². The maximum absolute atomic E-state index is 11.9. The lowest BCUT2D eigenvalue weighted by molar-refractivity contribution is -0.115. The zero-order valence-electron chi connectivity index (χ0n) is 11.5. The van der Waals surface area contributed by atoms with Crippen LogP contribution in [0.3, 0.4) is 0 Å². The predicted octanol–water partition coefficient (Wildman–Crippen LogP) is 1.51. The van der Waals surface area contributed by atoms with Gasteiger partial charge in [-0.15, -0.1) is 11.3 Å². The summed E-state index contributed by atoms with van der Waals surface area (Å²) in [6.07, 6.45) is 3.06. The summed E-state index contributed by atoms with van der Waals surface area (Å²) < 4.78 is 9.53. The van der Waals surface area contributed by atoms with E-state index in [-0.39, 0.29) is 18.3 Å². The summed E-state index contributed by atoms with van der Waals surface area (Å²) in [5.74, 6) is 0.0225. The van der Waals surface area contributed by atoms with Gasteiger partial charge < -0.3 is 9.47 Å². The fourth-order valence-electron chi connectivity index (χ4n) is 1.51. The average molecular weight is 307 g/mol. The molecule has 0 bridgehead atoms. The second kappa shape index (κ2) is 6.80. The van der Waals surface area contributed by atoms with Crippen molar-refractivity contribution in [1.82, 2.24) is 9.97 Å². The van der Waals surface area contributed by atoms with Crippen molar-refractivity contribution in [3.8, 4) is 5.75 Å². The number of rotatable bonds is 5. The number of anilines is 1. The number of hydrogen-bond acceptors (Lipinski definition) is 7. The van der Waals surface area contributed by atoms with Crippen LogP contribution in [0.2, 0.25) is 0 Å². The third-order valence-electron chi connectivity index (χ3n) is 2.52. The summed E-state index contributed by atoms with van der Waals surface area (Å²) in [4.78, 5) is 31.8. The summed E-state index contributed by atoms with van der Waals surface area (Å²) in [5.41, 5.74) is 0.436. The molecule has 21 heavy (non-hydrogen) atoms. The van der Waals surface area contributed by atoms with Gasteiger partial charge in [-0.1, -0.05) is 0 Å². The van der Waals surface area contributed by atoms with E-state index in [9.17, 15) is 9.59 Å². The van der Waals surface area contributed by atoms with Crippen molar-refractivity contribution in [3.63, 3.8) is 0 Å². The van der Waals surface area contributed by atoms with Crippen molar-refractivity contribution in [3.05, 3.63) is 34.3 Å². The number of aromatic nitrogens is 2. The number of carbonyl (C=O) groups excluding carboxylic acids is 2. The highest BCUT2D eigenvalue weighted by Gasteiger charge is 2.12. The van der Waals surface area contributed by atoms with Gasteiger partial charge in [0.15, 0.2) is 5.75 Å². The molecule has 0 atom stereocenters. The molecule has 0 aromatic carbocycles. The van der Waals surface area contributed by atoms with Crippen LogP contribution in [-0.2, 0) is 16.0 Å². The molecule has 0 unspecified atom stereocenters. The molecule has 0 saturated heterocycles. The monoisotopic (exact) mass is 307 g/mol. The molecule has 8 heteroatoms. The Bertz CT molecular complexity index is 639.